The number of halogens is 1. The number of rotatable bonds is 8. The summed E-state index contributed by atoms with van der Waals surface area (Å²) in [6.45, 7) is 1.00. The molecule has 3 rings (SSSR count). The van der Waals surface area contributed by atoms with Crippen LogP contribution in [0.2, 0.25) is 5.02 Å². The van der Waals surface area contributed by atoms with E-state index in [1.54, 1.807) is 36.3 Å². The summed E-state index contributed by atoms with van der Waals surface area (Å²) in [5.41, 5.74) is 1.39. The second-order valence-corrected chi connectivity index (χ2v) is 7.42. The molecule has 2 N–H and O–H groups in total. The number of hydrogen-bond donors (Lipinski definition) is 2. The molecule has 1 saturated heterocycles. The Hall–Kier alpha value is -3.10. The highest BCUT2D eigenvalue weighted by Gasteiger charge is 2.36. The van der Waals surface area contributed by atoms with Crippen molar-refractivity contribution in [2.24, 2.45) is 5.92 Å². The predicted octanol–water partition coefficient (Wildman–Crippen LogP) is 2.72. The highest BCUT2D eigenvalue weighted by Crippen LogP contribution is 2.33. The number of carbonyl (C=O) groups is 3. The molecule has 0 saturated carbocycles. The molecule has 0 aliphatic carbocycles. The fourth-order valence-electron chi connectivity index (χ4n) is 3.35. The topological polar surface area (TPSA) is 97.0 Å². The van der Waals surface area contributed by atoms with E-state index in [4.69, 9.17) is 21.1 Å². The molecular formula is C22H24ClN3O5. The monoisotopic (exact) mass is 445 g/mol. The first kappa shape index (κ1) is 22.6. The van der Waals surface area contributed by atoms with E-state index in [1.807, 2.05) is 12.1 Å². The van der Waals surface area contributed by atoms with Crippen LogP contribution >= 0.6 is 11.6 Å². The van der Waals surface area contributed by atoms with E-state index in [0.29, 0.717) is 35.8 Å². The van der Waals surface area contributed by atoms with E-state index in [2.05, 4.69) is 10.6 Å². The lowest BCUT2D eigenvalue weighted by molar-refractivity contribution is -0.122. The Balaban J connectivity index is 1.65. The molecule has 1 fully saturated rings. The van der Waals surface area contributed by atoms with Gasteiger partial charge in [-0.1, -0.05) is 23.7 Å². The number of para-hydroxylation sites is 2. The molecule has 2 aromatic carbocycles. The van der Waals surface area contributed by atoms with Gasteiger partial charge in [0, 0.05) is 32.3 Å². The maximum absolute atomic E-state index is 12.7. The molecular weight excluding hydrogens is 422 g/mol. The van der Waals surface area contributed by atoms with Crippen LogP contribution in [0.5, 0.6) is 5.75 Å². The van der Waals surface area contributed by atoms with Crippen LogP contribution in [0.15, 0.2) is 42.5 Å². The van der Waals surface area contributed by atoms with Crippen molar-refractivity contribution < 1.29 is 23.9 Å². The summed E-state index contributed by atoms with van der Waals surface area (Å²) in [7, 11) is 3.08. The molecule has 1 atom stereocenters. The number of methoxy groups -OCH3 is 2. The average molecular weight is 446 g/mol. The van der Waals surface area contributed by atoms with E-state index in [0.717, 1.165) is 0 Å². The normalized spacial score (nSPS) is 15.6. The Kier molecular flexibility index (Phi) is 7.49. The summed E-state index contributed by atoms with van der Waals surface area (Å²) in [6.07, 6.45) is 0.0948. The molecule has 0 aromatic heterocycles. The first-order valence-electron chi connectivity index (χ1n) is 9.75. The molecule has 31 heavy (non-hydrogen) atoms. The van der Waals surface area contributed by atoms with Gasteiger partial charge in [0.05, 0.1) is 35.9 Å². The lowest BCUT2D eigenvalue weighted by Gasteiger charge is -2.19. The van der Waals surface area contributed by atoms with Crippen molar-refractivity contribution >= 4 is 40.7 Å². The minimum absolute atomic E-state index is 0.0948. The fourth-order valence-corrected chi connectivity index (χ4v) is 3.62. The third-order valence-corrected chi connectivity index (χ3v) is 5.26. The summed E-state index contributed by atoms with van der Waals surface area (Å²) < 4.78 is 10.2. The molecule has 1 aliphatic rings. The van der Waals surface area contributed by atoms with Crippen LogP contribution in [-0.2, 0) is 14.3 Å². The second-order valence-electron chi connectivity index (χ2n) is 7.01. The van der Waals surface area contributed by atoms with Crippen molar-refractivity contribution in [1.29, 1.82) is 0 Å². The summed E-state index contributed by atoms with van der Waals surface area (Å²) in [6, 6.07) is 11.8. The van der Waals surface area contributed by atoms with Gasteiger partial charge < -0.3 is 25.0 Å². The van der Waals surface area contributed by atoms with E-state index in [9.17, 15) is 14.4 Å². The Morgan fingerprint density at radius 3 is 2.68 bits per heavy atom. The average Bonchev–Trinajstić information content (AvgIpc) is 3.15. The molecule has 3 amide bonds. The fraction of sp³-hybridized carbons (Fsp3) is 0.318. The molecule has 1 aliphatic heterocycles. The van der Waals surface area contributed by atoms with Crippen LogP contribution < -0.4 is 20.3 Å². The van der Waals surface area contributed by atoms with Gasteiger partial charge in [0.1, 0.15) is 5.75 Å². The SMILES string of the molecule is COCCNC(=O)c1ccc(NC(=O)C2CC(=O)N(c3ccccc3OC)C2)cc1Cl. The minimum atomic E-state index is -0.520. The minimum Gasteiger partial charge on any atom is -0.495 e. The second kappa shape index (κ2) is 10.3. The standard InChI is InChI=1S/C22H24ClN3O5/c1-30-10-9-24-22(29)16-8-7-15(12-17(16)23)25-21(28)14-11-20(27)26(13-14)18-5-3-4-6-19(18)31-2/h3-8,12,14H,9-11,13H2,1-2H3,(H,24,29)(H,25,28). The van der Waals surface area contributed by atoms with Crippen molar-refractivity contribution in [3.63, 3.8) is 0 Å². The Morgan fingerprint density at radius 1 is 1.19 bits per heavy atom. The van der Waals surface area contributed by atoms with Gasteiger partial charge in [0.15, 0.2) is 0 Å². The molecule has 0 bridgehead atoms. The van der Waals surface area contributed by atoms with Crippen molar-refractivity contribution in [2.45, 2.75) is 6.42 Å². The van der Waals surface area contributed by atoms with E-state index in [1.165, 1.54) is 13.2 Å². The number of benzene rings is 2. The number of ether oxygens (including phenoxy) is 2. The molecule has 164 valence electrons. The van der Waals surface area contributed by atoms with Crippen molar-refractivity contribution in [3.05, 3.63) is 53.1 Å². The van der Waals surface area contributed by atoms with E-state index < -0.39 is 5.92 Å². The number of anilines is 2. The van der Waals surface area contributed by atoms with Crippen LogP contribution in [0, 0.1) is 5.92 Å². The van der Waals surface area contributed by atoms with Crippen LogP contribution in [0.3, 0.4) is 0 Å². The molecule has 1 unspecified atom stereocenters. The molecule has 9 heteroatoms. The van der Waals surface area contributed by atoms with Crippen LogP contribution in [-0.4, -0.2) is 51.6 Å². The van der Waals surface area contributed by atoms with Gasteiger partial charge in [-0.2, -0.15) is 0 Å². The third-order valence-electron chi connectivity index (χ3n) is 4.94. The lowest BCUT2D eigenvalue weighted by atomic mass is 10.1. The van der Waals surface area contributed by atoms with Gasteiger partial charge >= 0.3 is 0 Å². The lowest BCUT2D eigenvalue weighted by Crippen LogP contribution is -2.28. The van der Waals surface area contributed by atoms with Gasteiger partial charge in [-0.3, -0.25) is 14.4 Å². The number of amides is 3. The number of nitrogens with zero attached hydrogens (tertiary/aromatic N) is 1. The van der Waals surface area contributed by atoms with Gasteiger partial charge in [-0.05, 0) is 30.3 Å². The largest absolute Gasteiger partial charge is 0.495 e. The van der Waals surface area contributed by atoms with Crippen molar-refractivity contribution in [3.8, 4) is 5.75 Å². The first-order valence-corrected chi connectivity index (χ1v) is 10.1. The Morgan fingerprint density at radius 2 is 1.97 bits per heavy atom. The Bertz CT molecular complexity index is 981. The van der Waals surface area contributed by atoms with Crippen molar-refractivity contribution in [2.75, 3.05) is 44.1 Å². The third kappa shape index (κ3) is 5.34. The highest BCUT2D eigenvalue weighted by molar-refractivity contribution is 6.34. The first-order chi connectivity index (χ1) is 14.9. The quantitative estimate of drug-likeness (QED) is 0.609. The van der Waals surface area contributed by atoms with Gasteiger partial charge in [0.2, 0.25) is 11.8 Å². The summed E-state index contributed by atoms with van der Waals surface area (Å²) in [5.74, 6) is -0.713. The van der Waals surface area contributed by atoms with Gasteiger partial charge in [-0.15, -0.1) is 0 Å². The Labute approximate surface area is 185 Å². The number of nitrogens with one attached hydrogen (secondary N) is 2. The van der Waals surface area contributed by atoms with Crippen LogP contribution in [0.25, 0.3) is 0 Å². The summed E-state index contributed by atoms with van der Waals surface area (Å²) in [5, 5.41) is 5.68. The smallest absolute Gasteiger partial charge is 0.252 e. The molecule has 2 aromatic rings. The molecule has 0 spiro atoms. The highest BCUT2D eigenvalue weighted by atomic mass is 35.5. The molecule has 0 radical (unpaired) electrons. The zero-order valence-corrected chi connectivity index (χ0v) is 18.1. The van der Waals surface area contributed by atoms with Crippen LogP contribution in [0.1, 0.15) is 16.8 Å². The molecule has 1 heterocycles. The maximum Gasteiger partial charge on any atom is 0.252 e. The zero-order valence-electron chi connectivity index (χ0n) is 17.3. The number of carbonyl (C=O) groups excluding carboxylic acids is 3. The van der Waals surface area contributed by atoms with Crippen LogP contribution in [0.4, 0.5) is 11.4 Å². The summed E-state index contributed by atoms with van der Waals surface area (Å²) in [4.78, 5) is 39.0. The van der Waals surface area contributed by atoms with Gasteiger partial charge in [0.25, 0.3) is 5.91 Å². The van der Waals surface area contributed by atoms with Gasteiger partial charge in [-0.25, -0.2) is 0 Å². The zero-order chi connectivity index (χ0) is 22.4. The maximum atomic E-state index is 12.7. The van der Waals surface area contributed by atoms with Crippen molar-refractivity contribution in [1.82, 2.24) is 5.32 Å². The van der Waals surface area contributed by atoms with E-state index >= 15 is 0 Å². The molecule has 8 nitrogen and oxygen atoms in total. The van der Waals surface area contributed by atoms with E-state index in [-0.39, 0.29) is 35.7 Å². The predicted molar refractivity (Wildman–Crippen MR) is 118 cm³/mol. The number of hydrogen-bond acceptors (Lipinski definition) is 5. The summed E-state index contributed by atoms with van der Waals surface area (Å²) >= 11 is 6.22.